The van der Waals surface area contributed by atoms with Crippen LogP contribution in [-0.4, -0.2) is 17.6 Å². The number of fused-ring (bicyclic) bond motifs is 1. The molecule has 2 rings (SSSR count). The standard InChI is InChI=1S/C15H16ClN3/c1-11(2)19(9-3-7-17)15-6-8-18-14-10-12(16)4-5-13(14)15/h4-6,8,10-11H,3,9H2,1-2H3. The molecule has 0 unspecified atom stereocenters. The zero-order valence-corrected chi connectivity index (χ0v) is 11.9. The first-order valence-electron chi connectivity index (χ1n) is 6.31. The fourth-order valence-corrected chi connectivity index (χ4v) is 2.35. The van der Waals surface area contributed by atoms with Gasteiger partial charge in [0.1, 0.15) is 0 Å². The van der Waals surface area contributed by atoms with Gasteiger partial charge >= 0.3 is 0 Å². The highest BCUT2D eigenvalue weighted by molar-refractivity contribution is 6.31. The molecule has 0 N–H and O–H groups in total. The van der Waals surface area contributed by atoms with Crippen molar-refractivity contribution in [2.24, 2.45) is 0 Å². The van der Waals surface area contributed by atoms with Crippen LogP contribution < -0.4 is 4.90 Å². The molecule has 98 valence electrons. The number of halogens is 1. The third kappa shape index (κ3) is 2.97. The molecule has 0 bridgehead atoms. The predicted octanol–water partition coefficient (Wildman–Crippen LogP) is 4.02. The maximum Gasteiger partial charge on any atom is 0.0737 e. The summed E-state index contributed by atoms with van der Waals surface area (Å²) >= 11 is 6.00. The molecule has 1 heterocycles. The maximum atomic E-state index is 8.79. The number of aromatic nitrogens is 1. The minimum Gasteiger partial charge on any atom is -0.367 e. The summed E-state index contributed by atoms with van der Waals surface area (Å²) in [6, 6.07) is 10.2. The van der Waals surface area contributed by atoms with Gasteiger partial charge in [0.15, 0.2) is 0 Å². The number of pyridine rings is 1. The Bertz CT molecular complexity index is 616. The summed E-state index contributed by atoms with van der Waals surface area (Å²) in [5.41, 5.74) is 1.99. The van der Waals surface area contributed by atoms with E-state index in [0.29, 0.717) is 17.5 Å². The Hall–Kier alpha value is -1.79. The summed E-state index contributed by atoms with van der Waals surface area (Å²) in [5.74, 6) is 0. The van der Waals surface area contributed by atoms with Crippen LogP contribution in [0.2, 0.25) is 5.02 Å². The normalized spacial score (nSPS) is 10.7. The van der Waals surface area contributed by atoms with E-state index in [0.717, 1.165) is 23.1 Å². The second kappa shape index (κ2) is 5.90. The van der Waals surface area contributed by atoms with Gasteiger partial charge in [-0.2, -0.15) is 5.26 Å². The number of nitrogens with zero attached hydrogens (tertiary/aromatic N) is 3. The van der Waals surface area contributed by atoms with E-state index in [2.05, 4.69) is 29.8 Å². The average molecular weight is 274 g/mol. The first-order valence-corrected chi connectivity index (χ1v) is 6.69. The average Bonchev–Trinajstić information content (AvgIpc) is 2.38. The molecule has 0 radical (unpaired) electrons. The molecule has 0 fully saturated rings. The molecule has 0 aliphatic heterocycles. The van der Waals surface area contributed by atoms with Crippen LogP contribution >= 0.6 is 11.6 Å². The van der Waals surface area contributed by atoms with E-state index in [4.69, 9.17) is 16.9 Å². The van der Waals surface area contributed by atoms with Crippen molar-refractivity contribution in [3.05, 3.63) is 35.5 Å². The highest BCUT2D eigenvalue weighted by Gasteiger charge is 2.13. The van der Waals surface area contributed by atoms with Gasteiger partial charge in [-0.25, -0.2) is 0 Å². The Morgan fingerprint density at radius 2 is 2.16 bits per heavy atom. The van der Waals surface area contributed by atoms with Crippen LogP contribution in [0, 0.1) is 11.3 Å². The van der Waals surface area contributed by atoms with Gasteiger partial charge in [0.05, 0.1) is 18.0 Å². The van der Waals surface area contributed by atoms with Crippen molar-refractivity contribution in [3.63, 3.8) is 0 Å². The molecule has 0 spiro atoms. The van der Waals surface area contributed by atoms with Crippen LogP contribution in [0.4, 0.5) is 5.69 Å². The van der Waals surface area contributed by atoms with Crippen molar-refractivity contribution >= 4 is 28.2 Å². The predicted molar refractivity (Wildman–Crippen MR) is 79.5 cm³/mol. The van der Waals surface area contributed by atoms with Gasteiger partial charge in [-0.1, -0.05) is 11.6 Å². The Kier molecular flexibility index (Phi) is 4.24. The molecule has 19 heavy (non-hydrogen) atoms. The van der Waals surface area contributed by atoms with Gasteiger partial charge in [-0.3, -0.25) is 4.98 Å². The lowest BCUT2D eigenvalue weighted by Crippen LogP contribution is -2.31. The van der Waals surface area contributed by atoms with Gasteiger partial charge < -0.3 is 4.90 Å². The summed E-state index contributed by atoms with van der Waals surface area (Å²) < 4.78 is 0. The lowest BCUT2D eigenvalue weighted by molar-refractivity contribution is 0.689. The number of benzene rings is 1. The molecule has 1 aromatic carbocycles. The van der Waals surface area contributed by atoms with E-state index in [1.165, 1.54) is 0 Å². The SMILES string of the molecule is CC(C)N(CCC#N)c1ccnc2cc(Cl)ccc12. The minimum atomic E-state index is 0.328. The van der Waals surface area contributed by atoms with E-state index in [1.807, 2.05) is 24.3 Å². The highest BCUT2D eigenvalue weighted by Crippen LogP contribution is 2.28. The van der Waals surface area contributed by atoms with Crippen molar-refractivity contribution in [1.29, 1.82) is 5.26 Å². The first kappa shape index (κ1) is 13.6. The highest BCUT2D eigenvalue weighted by atomic mass is 35.5. The monoisotopic (exact) mass is 273 g/mol. The zero-order chi connectivity index (χ0) is 13.8. The Morgan fingerprint density at radius 3 is 2.84 bits per heavy atom. The Balaban J connectivity index is 2.50. The zero-order valence-electron chi connectivity index (χ0n) is 11.1. The molecular formula is C15H16ClN3. The van der Waals surface area contributed by atoms with Crippen LogP contribution in [0.3, 0.4) is 0 Å². The lowest BCUT2D eigenvalue weighted by atomic mass is 10.1. The second-order valence-corrected chi connectivity index (χ2v) is 5.12. The molecule has 4 heteroatoms. The first-order chi connectivity index (χ1) is 9.13. The Labute approximate surface area is 118 Å². The molecular weight excluding hydrogens is 258 g/mol. The summed E-state index contributed by atoms with van der Waals surface area (Å²) in [6.07, 6.45) is 2.30. The summed E-state index contributed by atoms with van der Waals surface area (Å²) in [4.78, 5) is 6.57. The van der Waals surface area contributed by atoms with Crippen molar-refractivity contribution in [2.45, 2.75) is 26.3 Å². The number of anilines is 1. The molecule has 0 aliphatic rings. The van der Waals surface area contributed by atoms with E-state index >= 15 is 0 Å². The van der Waals surface area contributed by atoms with Gasteiger partial charge in [-0.15, -0.1) is 0 Å². The maximum absolute atomic E-state index is 8.79. The number of nitriles is 1. The fraction of sp³-hybridized carbons (Fsp3) is 0.333. The number of hydrogen-bond donors (Lipinski definition) is 0. The molecule has 0 aliphatic carbocycles. The largest absolute Gasteiger partial charge is 0.367 e. The van der Waals surface area contributed by atoms with Crippen molar-refractivity contribution in [3.8, 4) is 6.07 Å². The van der Waals surface area contributed by atoms with E-state index in [1.54, 1.807) is 6.20 Å². The fourth-order valence-electron chi connectivity index (χ4n) is 2.18. The smallest absolute Gasteiger partial charge is 0.0737 e. The van der Waals surface area contributed by atoms with Crippen LogP contribution in [0.15, 0.2) is 30.5 Å². The van der Waals surface area contributed by atoms with Gasteiger partial charge in [-0.05, 0) is 38.1 Å². The van der Waals surface area contributed by atoms with Crippen LogP contribution in [0.1, 0.15) is 20.3 Å². The molecule has 0 amide bonds. The molecule has 1 aromatic heterocycles. The Morgan fingerprint density at radius 1 is 1.37 bits per heavy atom. The van der Waals surface area contributed by atoms with Crippen molar-refractivity contribution < 1.29 is 0 Å². The van der Waals surface area contributed by atoms with Crippen LogP contribution in [-0.2, 0) is 0 Å². The molecule has 0 atom stereocenters. The third-order valence-corrected chi connectivity index (χ3v) is 3.31. The van der Waals surface area contributed by atoms with Crippen molar-refractivity contribution in [1.82, 2.24) is 4.98 Å². The summed E-state index contributed by atoms with van der Waals surface area (Å²) in [5, 5.41) is 10.5. The third-order valence-electron chi connectivity index (χ3n) is 3.08. The van der Waals surface area contributed by atoms with Gasteiger partial charge in [0.2, 0.25) is 0 Å². The lowest BCUT2D eigenvalue weighted by Gasteiger charge is -2.29. The quantitative estimate of drug-likeness (QED) is 0.845. The topological polar surface area (TPSA) is 39.9 Å². The minimum absolute atomic E-state index is 0.328. The van der Waals surface area contributed by atoms with Gasteiger partial charge in [0.25, 0.3) is 0 Å². The number of hydrogen-bond acceptors (Lipinski definition) is 3. The van der Waals surface area contributed by atoms with E-state index in [-0.39, 0.29) is 0 Å². The molecule has 3 nitrogen and oxygen atoms in total. The molecule has 0 saturated heterocycles. The van der Waals surface area contributed by atoms with E-state index < -0.39 is 0 Å². The van der Waals surface area contributed by atoms with Gasteiger partial charge in [0, 0.05) is 34.9 Å². The van der Waals surface area contributed by atoms with Crippen molar-refractivity contribution in [2.75, 3.05) is 11.4 Å². The second-order valence-electron chi connectivity index (χ2n) is 4.69. The summed E-state index contributed by atoms with van der Waals surface area (Å²) in [6.45, 7) is 4.97. The van der Waals surface area contributed by atoms with Crippen LogP contribution in [0.25, 0.3) is 10.9 Å². The number of rotatable bonds is 4. The molecule has 0 saturated carbocycles. The summed E-state index contributed by atoms with van der Waals surface area (Å²) in [7, 11) is 0. The molecule has 2 aromatic rings. The van der Waals surface area contributed by atoms with Crippen LogP contribution in [0.5, 0.6) is 0 Å². The van der Waals surface area contributed by atoms with E-state index in [9.17, 15) is 0 Å².